The van der Waals surface area contributed by atoms with Gasteiger partial charge in [0, 0.05) is 12.7 Å². The summed E-state index contributed by atoms with van der Waals surface area (Å²) in [7, 11) is 0. The number of benzene rings is 1. The molecule has 0 bridgehead atoms. The number of rotatable bonds is 7. The SMILES string of the molecule is CCCNc1ncc2c(=O)[nH]c(-c3ccccc3OCCC)nc2n1. The Morgan fingerprint density at radius 2 is 2.00 bits per heavy atom. The molecule has 7 heteroatoms. The van der Waals surface area contributed by atoms with Gasteiger partial charge in [0.1, 0.15) is 17.0 Å². The van der Waals surface area contributed by atoms with E-state index in [0.717, 1.165) is 24.9 Å². The number of anilines is 1. The van der Waals surface area contributed by atoms with Gasteiger partial charge in [-0.25, -0.2) is 9.97 Å². The summed E-state index contributed by atoms with van der Waals surface area (Å²) in [5.41, 5.74) is 0.821. The molecule has 0 fully saturated rings. The molecule has 2 aromatic heterocycles. The maximum Gasteiger partial charge on any atom is 0.262 e. The largest absolute Gasteiger partial charge is 0.493 e. The molecular formula is C18H21N5O2. The van der Waals surface area contributed by atoms with E-state index in [1.807, 2.05) is 31.2 Å². The summed E-state index contributed by atoms with van der Waals surface area (Å²) in [5.74, 6) is 1.59. The maximum atomic E-state index is 12.4. The van der Waals surface area contributed by atoms with Crippen LogP contribution in [0.1, 0.15) is 26.7 Å². The predicted molar refractivity (Wildman–Crippen MR) is 98.0 cm³/mol. The van der Waals surface area contributed by atoms with Crippen molar-refractivity contribution in [2.75, 3.05) is 18.5 Å². The van der Waals surface area contributed by atoms with Crippen LogP contribution in [0, 0.1) is 0 Å². The maximum absolute atomic E-state index is 12.4. The molecule has 2 N–H and O–H groups in total. The number of aromatic amines is 1. The van der Waals surface area contributed by atoms with E-state index in [9.17, 15) is 4.79 Å². The van der Waals surface area contributed by atoms with Gasteiger partial charge in [0.05, 0.1) is 12.2 Å². The van der Waals surface area contributed by atoms with Crippen molar-refractivity contribution in [1.82, 2.24) is 19.9 Å². The van der Waals surface area contributed by atoms with Crippen LogP contribution in [0.25, 0.3) is 22.4 Å². The monoisotopic (exact) mass is 339 g/mol. The number of para-hydroxylation sites is 1. The lowest BCUT2D eigenvalue weighted by molar-refractivity contribution is 0.318. The first-order valence-electron chi connectivity index (χ1n) is 8.46. The Labute approximate surface area is 145 Å². The Balaban J connectivity index is 2.06. The van der Waals surface area contributed by atoms with E-state index >= 15 is 0 Å². The van der Waals surface area contributed by atoms with Crippen LogP contribution < -0.4 is 15.6 Å². The fourth-order valence-electron chi connectivity index (χ4n) is 2.38. The third-order valence-corrected chi connectivity index (χ3v) is 3.60. The fraction of sp³-hybridized carbons (Fsp3) is 0.333. The zero-order chi connectivity index (χ0) is 17.6. The van der Waals surface area contributed by atoms with Gasteiger partial charge in [-0.05, 0) is 25.0 Å². The van der Waals surface area contributed by atoms with Gasteiger partial charge in [-0.15, -0.1) is 0 Å². The van der Waals surface area contributed by atoms with Crippen LogP contribution in [0.2, 0.25) is 0 Å². The van der Waals surface area contributed by atoms with Crippen molar-refractivity contribution in [3.8, 4) is 17.1 Å². The van der Waals surface area contributed by atoms with E-state index in [-0.39, 0.29) is 5.56 Å². The molecule has 0 atom stereocenters. The minimum atomic E-state index is -0.271. The lowest BCUT2D eigenvalue weighted by Gasteiger charge is -2.10. The summed E-state index contributed by atoms with van der Waals surface area (Å²) in [6.07, 6.45) is 3.35. The zero-order valence-corrected chi connectivity index (χ0v) is 14.4. The van der Waals surface area contributed by atoms with Crippen molar-refractivity contribution in [3.05, 3.63) is 40.8 Å². The van der Waals surface area contributed by atoms with Crippen LogP contribution in [0.3, 0.4) is 0 Å². The number of hydrogen-bond donors (Lipinski definition) is 2. The van der Waals surface area contributed by atoms with Crippen molar-refractivity contribution in [2.45, 2.75) is 26.7 Å². The van der Waals surface area contributed by atoms with Gasteiger partial charge in [-0.3, -0.25) is 4.79 Å². The number of nitrogens with zero attached hydrogens (tertiary/aromatic N) is 3. The van der Waals surface area contributed by atoms with E-state index in [2.05, 4.69) is 32.2 Å². The molecule has 0 spiro atoms. The lowest BCUT2D eigenvalue weighted by Crippen LogP contribution is -2.13. The molecule has 2 heterocycles. The van der Waals surface area contributed by atoms with Gasteiger partial charge in [0.15, 0.2) is 5.65 Å². The molecule has 0 saturated heterocycles. The first-order chi connectivity index (χ1) is 12.2. The van der Waals surface area contributed by atoms with Crippen LogP contribution in [-0.2, 0) is 0 Å². The minimum absolute atomic E-state index is 0.271. The Morgan fingerprint density at radius 1 is 1.16 bits per heavy atom. The third kappa shape index (κ3) is 3.76. The Morgan fingerprint density at radius 3 is 2.80 bits per heavy atom. The average Bonchev–Trinajstić information content (AvgIpc) is 2.64. The van der Waals surface area contributed by atoms with Gasteiger partial charge < -0.3 is 15.0 Å². The quantitative estimate of drug-likeness (QED) is 0.687. The molecule has 1 aromatic carbocycles. The van der Waals surface area contributed by atoms with Crippen LogP contribution in [0.4, 0.5) is 5.95 Å². The van der Waals surface area contributed by atoms with E-state index in [1.165, 1.54) is 6.20 Å². The lowest BCUT2D eigenvalue weighted by atomic mass is 10.2. The average molecular weight is 339 g/mol. The zero-order valence-electron chi connectivity index (χ0n) is 14.4. The molecule has 130 valence electrons. The molecule has 0 unspecified atom stereocenters. The molecule has 3 rings (SSSR count). The van der Waals surface area contributed by atoms with Crippen molar-refractivity contribution in [3.63, 3.8) is 0 Å². The van der Waals surface area contributed by atoms with Crippen LogP contribution in [0.15, 0.2) is 35.3 Å². The molecule has 0 aliphatic carbocycles. The number of H-pyrrole nitrogens is 1. The van der Waals surface area contributed by atoms with E-state index in [1.54, 1.807) is 0 Å². The van der Waals surface area contributed by atoms with Crippen LogP contribution >= 0.6 is 0 Å². The summed E-state index contributed by atoms with van der Waals surface area (Å²) in [6, 6.07) is 7.51. The highest BCUT2D eigenvalue weighted by molar-refractivity contribution is 5.77. The van der Waals surface area contributed by atoms with E-state index < -0.39 is 0 Å². The first kappa shape index (κ1) is 16.9. The Bertz CT molecular complexity index is 923. The Kier molecular flexibility index (Phi) is 5.23. The molecule has 3 aromatic rings. The highest BCUT2D eigenvalue weighted by atomic mass is 16.5. The molecule has 0 amide bonds. The van der Waals surface area contributed by atoms with Crippen molar-refractivity contribution in [1.29, 1.82) is 0 Å². The second kappa shape index (κ2) is 7.74. The molecule has 0 radical (unpaired) electrons. The van der Waals surface area contributed by atoms with Crippen molar-refractivity contribution >= 4 is 17.0 Å². The van der Waals surface area contributed by atoms with Gasteiger partial charge in [-0.2, -0.15) is 4.98 Å². The molecular weight excluding hydrogens is 318 g/mol. The van der Waals surface area contributed by atoms with Crippen LogP contribution in [0.5, 0.6) is 5.75 Å². The molecule has 25 heavy (non-hydrogen) atoms. The first-order valence-corrected chi connectivity index (χ1v) is 8.46. The summed E-state index contributed by atoms with van der Waals surface area (Å²) in [6.45, 7) is 5.46. The summed E-state index contributed by atoms with van der Waals surface area (Å²) < 4.78 is 5.76. The smallest absolute Gasteiger partial charge is 0.262 e. The third-order valence-electron chi connectivity index (χ3n) is 3.60. The Hall–Kier alpha value is -2.96. The number of aromatic nitrogens is 4. The second-order valence-electron chi connectivity index (χ2n) is 5.62. The van der Waals surface area contributed by atoms with Crippen molar-refractivity contribution < 1.29 is 4.74 Å². The molecule has 0 saturated carbocycles. The van der Waals surface area contributed by atoms with Crippen molar-refractivity contribution in [2.24, 2.45) is 0 Å². The number of hydrogen-bond acceptors (Lipinski definition) is 6. The normalized spacial score (nSPS) is 10.8. The number of nitrogens with one attached hydrogen (secondary N) is 2. The number of ether oxygens (including phenoxy) is 1. The second-order valence-corrected chi connectivity index (χ2v) is 5.62. The van der Waals surface area contributed by atoms with Gasteiger partial charge in [0.25, 0.3) is 5.56 Å². The summed E-state index contributed by atoms with van der Waals surface area (Å²) in [4.78, 5) is 28.2. The van der Waals surface area contributed by atoms with Gasteiger partial charge in [0.2, 0.25) is 5.95 Å². The van der Waals surface area contributed by atoms with E-state index in [0.29, 0.717) is 35.2 Å². The van der Waals surface area contributed by atoms with Crippen LogP contribution in [-0.4, -0.2) is 33.1 Å². The van der Waals surface area contributed by atoms with Gasteiger partial charge >= 0.3 is 0 Å². The topological polar surface area (TPSA) is 92.8 Å². The molecule has 0 aliphatic heterocycles. The standard InChI is InChI=1S/C18H21N5O2/c1-3-9-19-18-20-11-13-16(23-18)21-15(22-17(13)24)12-7-5-6-8-14(12)25-10-4-2/h5-8,11H,3-4,9-10H2,1-2H3,(H2,19,20,21,22,23,24). The fourth-order valence-corrected chi connectivity index (χ4v) is 2.38. The summed E-state index contributed by atoms with van der Waals surface area (Å²) in [5, 5.41) is 3.46. The summed E-state index contributed by atoms with van der Waals surface area (Å²) >= 11 is 0. The van der Waals surface area contributed by atoms with Gasteiger partial charge in [-0.1, -0.05) is 26.0 Å². The molecule has 0 aliphatic rings. The highest BCUT2D eigenvalue weighted by Gasteiger charge is 2.12. The highest BCUT2D eigenvalue weighted by Crippen LogP contribution is 2.27. The van der Waals surface area contributed by atoms with E-state index in [4.69, 9.17) is 4.74 Å². The molecule has 7 nitrogen and oxygen atoms in total. The predicted octanol–water partition coefficient (Wildman–Crippen LogP) is 2.99. The minimum Gasteiger partial charge on any atom is -0.493 e. The number of fused-ring (bicyclic) bond motifs is 1.